The van der Waals surface area contributed by atoms with Gasteiger partial charge >= 0.3 is 5.97 Å². The summed E-state index contributed by atoms with van der Waals surface area (Å²) in [6, 6.07) is 6.87. The monoisotopic (exact) mass is 273 g/mol. The van der Waals surface area contributed by atoms with Crippen LogP contribution in [0.25, 0.3) is 4.85 Å². The lowest BCUT2D eigenvalue weighted by atomic mass is 9.77. The molecule has 1 aromatic carbocycles. The summed E-state index contributed by atoms with van der Waals surface area (Å²) < 4.78 is 0. The van der Waals surface area contributed by atoms with Crippen LogP contribution in [-0.2, 0) is 16.0 Å². The maximum Gasteiger partial charge on any atom is 0.310 e. The van der Waals surface area contributed by atoms with Crippen LogP contribution in [0, 0.1) is 12.0 Å². The molecule has 0 aromatic heterocycles. The first-order valence-electron chi connectivity index (χ1n) is 6.69. The Morgan fingerprint density at radius 1 is 1.30 bits per heavy atom. The summed E-state index contributed by atoms with van der Waals surface area (Å²) in [7, 11) is 0. The maximum absolute atomic E-state index is 12.1. The third kappa shape index (κ3) is 3.67. The number of nitrogens with zero attached hydrogens (tertiary/aromatic N) is 1. The van der Waals surface area contributed by atoms with E-state index in [4.69, 9.17) is 6.57 Å². The van der Waals surface area contributed by atoms with E-state index in [2.05, 4.69) is 4.85 Å². The van der Waals surface area contributed by atoms with Crippen molar-refractivity contribution in [2.75, 3.05) is 0 Å². The second kappa shape index (κ2) is 6.85. The number of aliphatic carboxylic acids is 1. The van der Waals surface area contributed by atoms with Crippen molar-refractivity contribution in [3.8, 4) is 0 Å². The Labute approximate surface area is 119 Å². The minimum absolute atomic E-state index is 0.0393. The summed E-state index contributed by atoms with van der Waals surface area (Å²) in [5.41, 5.74) is 0.287. The Bertz CT molecular complexity index is 539. The molecule has 1 N–H and O–H groups in total. The lowest BCUT2D eigenvalue weighted by Crippen LogP contribution is -2.32. The zero-order valence-corrected chi connectivity index (χ0v) is 11.8. The van der Waals surface area contributed by atoms with E-state index in [1.54, 1.807) is 38.1 Å². The number of benzene rings is 1. The van der Waals surface area contributed by atoms with Gasteiger partial charge in [-0.3, -0.25) is 9.59 Å². The highest BCUT2D eigenvalue weighted by atomic mass is 16.4. The Kier molecular flexibility index (Phi) is 5.45. The second-order valence-electron chi connectivity index (χ2n) is 4.97. The molecule has 4 heteroatoms. The fourth-order valence-electron chi connectivity index (χ4n) is 2.28. The van der Waals surface area contributed by atoms with Crippen molar-refractivity contribution >= 4 is 17.4 Å². The summed E-state index contributed by atoms with van der Waals surface area (Å²) >= 11 is 0. The Morgan fingerprint density at radius 2 is 1.95 bits per heavy atom. The van der Waals surface area contributed by atoms with E-state index in [0.29, 0.717) is 18.5 Å². The van der Waals surface area contributed by atoms with Gasteiger partial charge in [-0.25, -0.2) is 4.85 Å². The standard InChI is InChI=1S/C16H19NO3/c1-4-16(5-2,15(19)20)11-14(18)10-12-7-6-8-13(9-12)17-3/h6-9H,4-5,10-11H2,1-2H3,(H,19,20). The fraction of sp³-hybridized carbons (Fsp3) is 0.438. The van der Waals surface area contributed by atoms with Crippen molar-refractivity contribution in [3.63, 3.8) is 0 Å². The van der Waals surface area contributed by atoms with Crippen LogP contribution in [0.1, 0.15) is 38.7 Å². The highest BCUT2D eigenvalue weighted by molar-refractivity contribution is 5.87. The minimum atomic E-state index is -0.964. The van der Waals surface area contributed by atoms with Crippen LogP contribution in [-0.4, -0.2) is 16.9 Å². The molecule has 0 spiro atoms. The molecule has 106 valence electrons. The number of hydrogen-bond acceptors (Lipinski definition) is 2. The van der Waals surface area contributed by atoms with E-state index in [-0.39, 0.29) is 18.6 Å². The molecular formula is C16H19NO3. The highest BCUT2D eigenvalue weighted by Gasteiger charge is 2.36. The summed E-state index contributed by atoms with van der Waals surface area (Å²) in [6.07, 6.45) is 1.09. The number of Topliss-reactive ketones (excluding diaryl/α,β-unsaturated/α-hetero) is 1. The second-order valence-corrected chi connectivity index (χ2v) is 4.97. The van der Waals surface area contributed by atoms with Crippen LogP contribution in [0.15, 0.2) is 24.3 Å². The van der Waals surface area contributed by atoms with Crippen LogP contribution in [0.5, 0.6) is 0 Å². The van der Waals surface area contributed by atoms with Crippen molar-refractivity contribution in [3.05, 3.63) is 41.2 Å². The number of hydrogen-bond donors (Lipinski definition) is 1. The van der Waals surface area contributed by atoms with E-state index in [1.165, 1.54) is 0 Å². The smallest absolute Gasteiger partial charge is 0.310 e. The zero-order valence-electron chi connectivity index (χ0n) is 11.8. The molecule has 0 bridgehead atoms. The van der Waals surface area contributed by atoms with Gasteiger partial charge in [0, 0.05) is 12.8 Å². The molecule has 0 radical (unpaired) electrons. The van der Waals surface area contributed by atoms with Gasteiger partial charge in [-0.05, 0) is 12.8 Å². The highest BCUT2D eigenvalue weighted by Crippen LogP contribution is 2.31. The molecule has 1 rings (SSSR count). The Morgan fingerprint density at radius 3 is 2.45 bits per heavy atom. The van der Waals surface area contributed by atoms with Crippen LogP contribution in [0.2, 0.25) is 0 Å². The molecule has 4 nitrogen and oxygen atoms in total. The van der Waals surface area contributed by atoms with Gasteiger partial charge in [-0.2, -0.15) is 0 Å². The Balaban J connectivity index is 2.81. The molecule has 0 heterocycles. The van der Waals surface area contributed by atoms with Gasteiger partial charge in [0.05, 0.1) is 12.0 Å². The number of carbonyl (C=O) groups is 2. The van der Waals surface area contributed by atoms with Crippen molar-refractivity contribution in [1.29, 1.82) is 0 Å². The first-order valence-corrected chi connectivity index (χ1v) is 6.69. The molecule has 0 atom stereocenters. The van der Waals surface area contributed by atoms with Crippen LogP contribution < -0.4 is 0 Å². The van der Waals surface area contributed by atoms with E-state index < -0.39 is 11.4 Å². The summed E-state index contributed by atoms with van der Waals surface area (Å²) in [5, 5.41) is 9.33. The van der Waals surface area contributed by atoms with Gasteiger partial charge in [0.2, 0.25) is 0 Å². The van der Waals surface area contributed by atoms with Crippen LogP contribution in [0.4, 0.5) is 5.69 Å². The molecule has 0 fully saturated rings. The molecular weight excluding hydrogens is 254 g/mol. The first-order chi connectivity index (χ1) is 9.47. The summed E-state index contributed by atoms with van der Waals surface area (Å²) in [5.74, 6) is -1.01. The predicted molar refractivity (Wildman–Crippen MR) is 76.7 cm³/mol. The van der Waals surface area contributed by atoms with Crippen molar-refractivity contribution in [2.45, 2.75) is 39.5 Å². The molecule has 1 aromatic rings. The largest absolute Gasteiger partial charge is 0.481 e. The molecule has 0 amide bonds. The van der Waals surface area contributed by atoms with Crippen molar-refractivity contribution in [1.82, 2.24) is 0 Å². The van der Waals surface area contributed by atoms with Crippen molar-refractivity contribution < 1.29 is 14.7 Å². The third-order valence-electron chi connectivity index (χ3n) is 3.78. The topological polar surface area (TPSA) is 58.7 Å². The minimum Gasteiger partial charge on any atom is -0.481 e. The quantitative estimate of drug-likeness (QED) is 0.772. The number of rotatable bonds is 7. The number of carboxylic acid groups (broad SMARTS) is 1. The van der Waals surface area contributed by atoms with Gasteiger partial charge in [-0.15, -0.1) is 0 Å². The molecule has 0 aliphatic rings. The van der Waals surface area contributed by atoms with Crippen LogP contribution in [0.3, 0.4) is 0 Å². The lowest BCUT2D eigenvalue weighted by molar-refractivity contribution is -0.152. The number of carboxylic acids is 1. The van der Waals surface area contributed by atoms with Gasteiger partial charge < -0.3 is 5.11 Å². The molecule has 20 heavy (non-hydrogen) atoms. The normalized spacial score (nSPS) is 10.8. The molecule has 0 aliphatic carbocycles. The summed E-state index contributed by atoms with van der Waals surface area (Å²) in [4.78, 5) is 26.8. The van der Waals surface area contributed by atoms with Gasteiger partial charge in [0.25, 0.3) is 0 Å². The van der Waals surface area contributed by atoms with Gasteiger partial charge in [-0.1, -0.05) is 43.7 Å². The lowest BCUT2D eigenvalue weighted by Gasteiger charge is -2.25. The SMILES string of the molecule is [C-]#[N+]c1cccc(CC(=O)CC(CC)(CC)C(=O)O)c1. The molecule has 0 unspecified atom stereocenters. The number of ketones is 1. The van der Waals surface area contributed by atoms with E-state index in [9.17, 15) is 14.7 Å². The summed E-state index contributed by atoms with van der Waals surface area (Å²) in [6.45, 7) is 10.5. The fourth-order valence-corrected chi connectivity index (χ4v) is 2.28. The third-order valence-corrected chi connectivity index (χ3v) is 3.78. The first kappa shape index (κ1) is 15.9. The number of carbonyl (C=O) groups excluding carboxylic acids is 1. The van der Waals surface area contributed by atoms with Crippen molar-refractivity contribution in [2.24, 2.45) is 5.41 Å². The van der Waals surface area contributed by atoms with Crippen LogP contribution >= 0.6 is 0 Å². The molecule has 0 saturated carbocycles. The maximum atomic E-state index is 12.1. The van der Waals surface area contributed by atoms with Gasteiger partial charge in [0.15, 0.2) is 5.69 Å². The average molecular weight is 273 g/mol. The predicted octanol–water partition coefficient (Wildman–Crippen LogP) is 3.63. The van der Waals surface area contributed by atoms with E-state index >= 15 is 0 Å². The average Bonchev–Trinajstić information content (AvgIpc) is 2.44. The molecule has 0 aliphatic heterocycles. The molecule has 0 saturated heterocycles. The Hall–Kier alpha value is -2.15. The van der Waals surface area contributed by atoms with Gasteiger partial charge in [0.1, 0.15) is 5.78 Å². The van der Waals surface area contributed by atoms with E-state index in [1.807, 2.05) is 0 Å². The van der Waals surface area contributed by atoms with E-state index in [0.717, 1.165) is 5.56 Å². The zero-order chi connectivity index (χ0) is 15.2.